The van der Waals surface area contributed by atoms with Crippen LogP contribution in [0.2, 0.25) is 15.1 Å². The van der Waals surface area contributed by atoms with Crippen LogP contribution in [0.4, 0.5) is 5.69 Å². The summed E-state index contributed by atoms with van der Waals surface area (Å²) in [5.41, 5.74) is 5.13. The minimum Gasteiger partial charge on any atom is -0.489 e. The lowest BCUT2D eigenvalue weighted by Gasteiger charge is -2.21. The quantitative estimate of drug-likeness (QED) is 0.191. The van der Waals surface area contributed by atoms with Crippen LogP contribution in [0, 0.1) is 11.8 Å². The maximum Gasteiger partial charge on any atom is 0.335 e. The van der Waals surface area contributed by atoms with E-state index in [0.29, 0.717) is 54.7 Å². The predicted molar refractivity (Wildman–Crippen MR) is 163 cm³/mol. The van der Waals surface area contributed by atoms with E-state index in [0.717, 1.165) is 37.2 Å². The van der Waals surface area contributed by atoms with Gasteiger partial charge in [-0.05, 0) is 74.6 Å². The van der Waals surface area contributed by atoms with Gasteiger partial charge < -0.3 is 19.3 Å². The molecule has 1 fully saturated rings. The first-order valence-electron chi connectivity index (χ1n) is 13.3. The standard InChI is InChI=1S/C32H27Cl3N2O4/c1-3-37(4-2)24-14-19(13-22(15-24)32(38)39)5-6-21-9-10-25(16-28(21)34)40-17-23-18-41-36-31(23)29-27(33)12-11-26(30(29)35)20-7-8-20/h9-16,18,20H,3-4,7-8,17H2,1-2H3,(H,38,39). The summed E-state index contributed by atoms with van der Waals surface area (Å²) in [7, 11) is 0. The van der Waals surface area contributed by atoms with E-state index in [4.69, 9.17) is 44.1 Å². The molecule has 0 atom stereocenters. The normalized spacial score (nSPS) is 12.5. The average Bonchev–Trinajstić information content (AvgIpc) is 3.69. The van der Waals surface area contributed by atoms with Crippen molar-refractivity contribution in [3.05, 3.63) is 97.7 Å². The first kappa shape index (κ1) is 28.9. The number of ether oxygens (including phenoxy) is 1. The number of carbonyl (C=O) groups is 1. The summed E-state index contributed by atoms with van der Waals surface area (Å²) in [5.74, 6) is 6.10. The van der Waals surface area contributed by atoms with Crippen molar-refractivity contribution in [1.82, 2.24) is 5.16 Å². The predicted octanol–water partition coefficient (Wildman–Crippen LogP) is 8.70. The minimum atomic E-state index is -1.00. The molecule has 1 aliphatic carbocycles. The highest BCUT2D eigenvalue weighted by atomic mass is 35.5. The smallest absolute Gasteiger partial charge is 0.335 e. The van der Waals surface area contributed by atoms with Crippen LogP contribution in [0.1, 0.15) is 65.2 Å². The first-order chi connectivity index (χ1) is 19.8. The van der Waals surface area contributed by atoms with E-state index in [1.165, 1.54) is 6.26 Å². The second-order valence-corrected chi connectivity index (χ2v) is 10.9. The number of carboxylic acids is 1. The molecule has 210 valence electrons. The Bertz CT molecular complexity index is 1660. The van der Waals surface area contributed by atoms with Gasteiger partial charge in [0, 0.05) is 41.5 Å². The topological polar surface area (TPSA) is 75.8 Å². The molecular weight excluding hydrogens is 583 g/mol. The highest BCUT2D eigenvalue weighted by Crippen LogP contribution is 2.48. The van der Waals surface area contributed by atoms with Crippen LogP contribution in [-0.4, -0.2) is 29.3 Å². The van der Waals surface area contributed by atoms with Gasteiger partial charge in [0.25, 0.3) is 0 Å². The summed E-state index contributed by atoms with van der Waals surface area (Å²) in [6.07, 6.45) is 3.75. The van der Waals surface area contributed by atoms with Crippen molar-refractivity contribution in [2.24, 2.45) is 0 Å². The molecule has 0 amide bonds. The van der Waals surface area contributed by atoms with Gasteiger partial charge >= 0.3 is 5.97 Å². The fourth-order valence-electron chi connectivity index (χ4n) is 4.63. The van der Waals surface area contributed by atoms with E-state index in [1.54, 1.807) is 30.3 Å². The van der Waals surface area contributed by atoms with Crippen LogP contribution in [0.25, 0.3) is 11.3 Å². The molecule has 4 aromatic rings. The summed E-state index contributed by atoms with van der Waals surface area (Å²) >= 11 is 19.8. The molecule has 3 aromatic carbocycles. The molecule has 0 bridgehead atoms. The van der Waals surface area contributed by atoms with E-state index in [9.17, 15) is 9.90 Å². The summed E-state index contributed by atoms with van der Waals surface area (Å²) in [5, 5.41) is 15.2. The molecule has 1 heterocycles. The Balaban J connectivity index is 1.34. The van der Waals surface area contributed by atoms with Gasteiger partial charge in [-0.1, -0.05) is 57.9 Å². The molecule has 5 rings (SSSR count). The van der Waals surface area contributed by atoms with Crippen molar-refractivity contribution in [3.63, 3.8) is 0 Å². The summed E-state index contributed by atoms with van der Waals surface area (Å²) in [6.45, 7) is 5.71. The van der Waals surface area contributed by atoms with Gasteiger partial charge in [0.2, 0.25) is 0 Å². The molecular formula is C32H27Cl3N2O4. The number of rotatable bonds is 9. The fraction of sp³-hybridized carbons (Fsp3) is 0.250. The number of aromatic carboxylic acids is 1. The minimum absolute atomic E-state index is 0.163. The summed E-state index contributed by atoms with van der Waals surface area (Å²) in [6, 6.07) is 14.1. The van der Waals surface area contributed by atoms with Crippen LogP contribution in [-0.2, 0) is 6.61 Å². The monoisotopic (exact) mass is 608 g/mol. The van der Waals surface area contributed by atoms with Crippen molar-refractivity contribution in [3.8, 4) is 28.8 Å². The fourth-order valence-corrected chi connectivity index (χ4v) is 5.55. The van der Waals surface area contributed by atoms with Gasteiger partial charge in [-0.2, -0.15) is 0 Å². The van der Waals surface area contributed by atoms with E-state index < -0.39 is 5.97 Å². The Kier molecular flexibility index (Phi) is 8.79. The number of hydrogen-bond acceptors (Lipinski definition) is 5. The number of anilines is 1. The number of nitrogens with zero attached hydrogens (tertiary/aromatic N) is 2. The maximum absolute atomic E-state index is 11.7. The molecule has 0 saturated heterocycles. The Morgan fingerprint density at radius 2 is 1.83 bits per heavy atom. The van der Waals surface area contributed by atoms with Crippen molar-refractivity contribution in [2.45, 2.75) is 39.2 Å². The molecule has 6 nitrogen and oxygen atoms in total. The number of carboxylic acid groups (broad SMARTS) is 1. The van der Waals surface area contributed by atoms with E-state index in [-0.39, 0.29) is 12.2 Å². The number of benzene rings is 3. The van der Waals surface area contributed by atoms with Crippen molar-refractivity contribution in [1.29, 1.82) is 0 Å². The average molecular weight is 610 g/mol. The van der Waals surface area contributed by atoms with Crippen molar-refractivity contribution < 1.29 is 19.2 Å². The molecule has 1 N–H and O–H groups in total. The SMILES string of the molecule is CCN(CC)c1cc(C#Cc2ccc(OCc3conc3-c3c(Cl)ccc(C4CC4)c3Cl)cc2Cl)cc(C(=O)O)c1. The Morgan fingerprint density at radius 1 is 1.05 bits per heavy atom. The van der Waals surface area contributed by atoms with E-state index in [2.05, 4.69) is 21.9 Å². The second kappa shape index (κ2) is 12.5. The van der Waals surface area contributed by atoms with Gasteiger partial charge in [-0.25, -0.2) is 4.79 Å². The molecule has 1 aliphatic rings. The van der Waals surface area contributed by atoms with Crippen LogP contribution >= 0.6 is 34.8 Å². The Labute approximate surface area is 253 Å². The van der Waals surface area contributed by atoms with E-state index >= 15 is 0 Å². The maximum atomic E-state index is 11.7. The Morgan fingerprint density at radius 3 is 2.51 bits per heavy atom. The zero-order valence-electron chi connectivity index (χ0n) is 22.5. The highest BCUT2D eigenvalue weighted by Gasteiger charge is 2.29. The van der Waals surface area contributed by atoms with Crippen molar-refractivity contribution in [2.75, 3.05) is 18.0 Å². The molecule has 1 aromatic heterocycles. The van der Waals surface area contributed by atoms with Crippen molar-refractivity contribution >= 4 is 46.5 Å². The third-order valence-electron chi connectivity index (χ3n) is 6.99. The number of halogens is 3. The van der Waals surface area contributed by atoms with Crippen LogP contribution in [0.3, 0.4) is 0 Å². The summed E-state index contributed by atoms with van der Waals surface area (Å²) in [4.78, 5) is 13.7. The van der Waals surface area contributed by atoms with Gasteiger partial charge in [0.1, 0.15) is 24.3 Å². The lowest BCUT2D eigenvalue weighted by molar-refractivity contribution is 0.0697. The lowest BCUT2D eigenvalue weighted by atomic mass is 10.0. The molecule has 0 spiro atoms. The highest BCUT2D eigenvalue weighted by molar-refractivity contribution is 6.39. The number of hydrogen-bond donors (Lipinski definition) is 1. The second-order valence-electron chi connectivity index (χ2n) is 9.71. The molecule has 9 heteroatoms. The van der Waals surface area contributed by atoms with Gasteiger partial charge in [-0.15, -0.1) is 0 Å². The summed E-state index contributed by atoms with van der Waals surface area (Å²) < 4.78 is 11.3. The molecule has 1 saturated carbocycles. The first-order valence-corrected chi connectivity index (χ1v) is 14.4. The van der Waals surface area contributed by atoms with Gasteiger partial charge in [0.15, 0.2) is 0 Å². The largest absolute Gasteiger partial charge is 0.489 e. The van der Waals surface area contributed by atoms with E-state index in [1.807, 2.05) is 32.0 Å². The number of aromatic nitrogens is 1. The molecule has 0 radical (unpaired) electrons. The zero-order chi connectivity index (χ0) is 29.1. The Hall–Kier alpha value is -3.63. The third kappa shape index (κ3) is 6.49. The van der Waals surface area contributed by atoms with Gasteiger partial charge in [-0.3, -0.25) is 0 Å². The molecule has 0 unspecified atom stereocenters. The zero-order valence-corrected chi connectivity index (χ0v) is 24.8. The van der Waals surface area contributed by atoms with Crippen LogP contribution in [0.15, 0.2) is 59.3 Å². The van der Waals surface area contributed by atoms with Crippen LogP contribution < -0.4 is 9.64 Å². The molecule has 41 heavy (non-hydrogen) atoms. The third-order valence-corrected chi connectivity index (χ3v) is 8.02. The lowest BCUT2D eigenvalue weighted by Crippen LogP contribution is -2.22. The molecule has 0 aliphatic heterocycles. The van der Waals surface area contributed by atoms with Crippen LogP contribution in [0.5, 0.6) is 5.75 Å². The van der Waals surface area contributed by atoms with Gasteiger partial charge in [0.05, 0.1) is 26.2 Å².